The van der Waals surface area contributed by atoms with E-state index < -0.39 is 5.79 Å². The second-order valence-corrected chi connectivity index (χ2v) is 10.0. The molecule has 3 aliphatic rings. The standard InChI is InChI=1S/C24H23BrN2O4S/c25-18-5-3-4-17(14-18)15-21-23(29)27(19-6-1-2-7-20(19)32-21)16-22(28)26-10-8-24(9-11-26)30-12-13-31-24/h1-7,14-15H,8-13,16H2. The summed E-state index contributed by atoms with van der Waals surface area (Å²) in [6, 6.07) is 15.5. The highest BCUT2D eigenvalue weighted by Crippen LogP contribution is 2.42. The number of likely N-dealkylation sites (tertiary alicyclic amines) is 1. The maximum Gasteiger partial charge on any atom is 0.265 e. The Morgan fingerprint density at radius 2 is 1.84 bits per heavy atom. The molecule has 2 aromatic carbocycles. The van der Waals surface area contributed by atoms with Crippen molar-refractivity contribution in [3.63, 3.8) is 0 Å². The molecule has 3 aliphatic heterocycles. The number of thioether (sulfide) groups is 1. The van der Waals surface area contributed by atoms with Gasteiger partial charge in [0.15, 0.2) is 5.79 Å². The number of anilines is 1. The molecule has 5 rings (SSSR count). The molecule has 2 fully saturated rings. The number of carbonyl (C=O) groups is 2. The van der Waals surface area contributed by atoms with E-state index >= 15 is 0 Å². The van der Waals surface area contributed by atoms with E-state index in [4.69, 9.17) is 9.47 Å². The van der Waals surface area contributed by atoms with Crippen LogP contribution in [0.5, 0.6) is 0 Å². The molecule has 166 valence electrons. The Kier molecular flexibility index (Phi) is 6.11. The molecule has 0 atom stereocenters. The lowest BCUT2D eigenvalue weighted by Crippen LogP contribution is -2.51. The zero-order chi connectivity index (χ0) is 22.1. The van der Waals surface area contributed by atoms with Crippen LogP contribution in [0.2, 0.25) is 0 Å². The topological polar surface area (TPSA) is 59.1 Å². The van der Waals surface area contributed by atoms with Crippen molar-refractivity contribution in [1.82, 2.24) is 4.90 Å². The van der Waals surface area contributed by atoms with E-state index in [1.54, 1.807) is 4.90 Å². The molecule has 1 spiro atoms. The van der Waals surface area contributed by atoms with Crippen molar-refractivity contribution in [2.75, 3.05) is 37.7 Å². The average Bonchev–Trinajstić information content (AvgIpc) is 3.25. The van der Waals surface area contributed by atoms with Crippen LogP contribution in [0.15, 0.2) is 62.8 Å². The predicted octanol–water partition coefficient (Wildman–Crippen LogP) is 4.29. The monoisotopic (exact) mass is 514 g/mol. The number of rotatable bonds is 3. The molecule has 0 N–H and O–H groups in total. The highest BCUT2D eigenvalue weighted by Gasteiger charge is 2.41. The lowest BCUT2D eigenvalue weighted by Gasteiger charge is -2.38. The number of carbonyl (C=O) groups excluding carboxylic acids is 2. The number of hydrogen-bond donors (Lipinski definition) is 0. The largest absolute Gasteiger partial charge is 0.347 e. The van der Waals surface area contributed by atoms with E-state index in [1.165, 1.54) is 11.8 Å². The van der Waals surface area contributed by atoms with Gasteiger partial charge in [0.25, 0.3) is 5.91 Å². The second kappa shape index (κ2) is 9.02. The molecular formula is C24H23BrN2O4S. The van der Waals surface area contributed by atoms with E-state index in [-0.39, 0.29) is 18.4 Å². The first kappa shape index (κ1) is 21.7. The molecule has 2 aromatic rings. The van der Waals surface area contributed by atoms with Gasteiger partial charge in [-0.3, -0.25) is 14.5 Å². The van der Waals surface area contributed by atoms with Crippen molar-refractivity contribution in [2.45, 2.75) is 23.5 Å². The van der Waals surface area contributed by atoms with Crippen LogP contribution in [0.25, 0.3) is 6.08 Å². The number of para-hydroxylation sites is 1. The fourth-order valence-corrected chi connectivity index (χ4v) is 5.76. The summed E-state index contributed by atoms with van der Waals surface area (Å²) in [6.45, 7) is 2.37. The Hall–Kier alpha value is -2.13. The maximum absolute atomic E-state index is 13.4. The van der Waals surface area contributed by atoms with E-state index in [0.717, 1.165) is 20.6 Å². The summed E-state index contributed by atoms with van der Waals surface area (Å²) in [5.41, 5.74) is 1.71. The first-order chi connectivity index (χ1) is 15.5. The zero-order valence-corrected chi connectivity index (χ0v) is 19.9. The van der Waals surface area contributed by atoms with Gasteiger partial charge in [-0.05, 0) is 35.9 Å². The molecule has 0 bridgehead atoms. The highest BCUT2D eigenvalue weighted by atomic mass is 79.9. The van der Waals surface area contributed by atoms with Crippen molar-refractivity contribution in [3.8, 4) is 0 Å². The van der Waals surface area contributed by atoms with Crippen LogP contribution in [0.4, 0.5) is 5.69 Å². The summed E-state index contributed by atoms with van der Waals surface area (Å²) in [5.74, 6) is -0.742. The van der Waals surface area contributed by atoms with Crippen LogP contribution < -0.4 is 4.90 Å². The average molecular weight is 515 g/mol. The fourth-order valence-electron chi connectivity index (χ4n) is 4.28. The third-order valence-corrected chi connectivity index (χ3v) is 7.53. The van der Waals surface area contributed by atoms with Gasteiger partial charge >= 0.3 is 0 Å². The van der Waals surface area contributed by atoms with Gasteiger partial charge in [-0.15, -0.1) is 0 Å². The smallest absolute Gasteiger partial charge is 0.265 e. The predicted molar refractivity (Wildman–Crippen MR) is 127 cm³/mol. The Labute approximate surface area is 199 Å². The maximum atomic E-state index is 13.4. The van der Waals surface area contributed by atoms with Gasteiger partial charge in [0.05, 0.1) is 23.8 Å². The number of nitrogens with zero attached hydrogens (tertiary/aromatic N) is 2. The quantitative estimate of drug-likeness (QED) is 0.571. The lowest BCUT2D eigenvalue weighted by molar-refractivity contribution is -0.187. The minimum absolute atomic E-state index is 0.0148. The van der Waals surface area contributed by atoms with Crippen LogP contribution in [0, 0.1) is 0 Å². The molecule has 6 nitrogen and oxygen atoms in total. The number of hydrogen-bond acceptors (Lipinski definition) is 5. The number of ether oxygens (including phenoxy) is 2. The highest BCUT2D eigenvalue weighted by molar-refractivity contribution is 9.10. The van der Waals surface area contributed by atoms with Crippen molar-refractivity contribution >= 4 is 51.3 Å². The minimum Gasteiger partial charge on any atom is -0.347 e. The molecule has 0 aromatic heterocycles. The SMILES string of the molecule is O=C(CN1C(=O)C(=Cc2cccc(Br)c2)Sc2ccccc21)N1CCC2(CC1)OCCO2. The number of benzene rings is 2. The van der Waals surface area contributed by atoms with Crippen molar-refractivity contribution in [2.24, 2.45) is 0 Å². The molecule has 2 amide bonds. The van der Waals surface area contributed by atoms with Gasteiger partial charge < -0.3 is 14.4 Å². The summed E-state index contributed by atoms with van der Waals surface area (Å²) < 4.78 is 12.5. The lowest BCUT2D eigenvalue weighted by atomic mass is 10.0. The molecule has 0 aliphatic carbocycles. The number of amides is 2. The van der Waals surface area contributed by atoms with Crippen molar-refractivity contribution < 1.29 is 19.1 Å². The van der Waals surface area contributed by atoms with E-state index in [9.17, 15) is 9.59 Å². The molecule has 0 radical (unpaired) electrons. The van der Waals surface area contributed by atoms with Crippen LogP contribution in [0.1, 0.15) is 18.4 Å². The van der Waals surface area contributed by atoms with Gasteiger partial charge in [0.2, 0.25) is 5.91 Å². The summed E-state index contributed by atoms with van der Waals surface area (Å²) in [6.07, 6.45) is 3.20. The first-order valence-electron chi connectivity index (χ1n) is 10.6. The number of fused-ring (bicyclic) bond motifs is 1. The Balaban J connectivity index is 1.36. The van der Waals surface area contributed by atoms with Crippen molar-refractivity contribution in [1.29, 1.82) is 0 Å². The zero-order valence-electron chi connectivity index (χ0n) is 17.5. The van der Waals surface area contributed by atoms with Gasteiger partial charge in [0.1, 0.15) is 6.54 Å². The summed E-state index contributed by atoms with van der Waals surface area (Å²) in [4.78, 5) is 31.5. The Bertz CT molecular complexity index is 1070. The van der Waals surface area contributed by atoms with Gasteiger partial charge in [-0.1, -0.05) is 52.0 Å². The number of piperidine rings is 1. The third-order valence-electron chi connectivity index (χ3n) is 5.96. The fraction of sp³-hybridized carbons (Fsp3) is 0.333. The summed E-state index contributed by atoms with van der Waals surface area (Å²) in [7, 11) is 0. The molecular weight excluding hydrogens is 492 g/mol. The first-order valence-corrected chi connectivity index (χ1v) is 12.3. The minimum atomic E-state index is -0.527. The summed E-state index contributed by atoms with van der Waals surface area (Å²) in [5, 5.41) is 0. The molecule has 2 saturated heterocycles. The van der Waals surface area contributed by atoms with E-state index in [2.05, 4.69) is 15.9 Å². The second-order valence-electron chi connectivity index (χ2n) is 8.01. The normalized spacial score (nSPS) is 21.3. The van der Waals surface area contributed by atoms with Crippen LogP contribution in [-0.4, -0.2) is 55.3 Å². The Morgan fingerprint density at radius 3 is 2.59 bits per heavy atom. The Morgan fingerprint density at radius 1 is 1.09 bits per heavy atom. The van der Waals surface area contributed by atoms with Crippen LogP contribution in [-0.2, 0) is 19.1 Å². The molecule has 0 saturated carbocycles. The van der Waals surface area contributed by atoms with Gasteiger partial charge in [-0.2, -0.15) is 0 Å². The van der Waals surface area contributed by atoms with Crippen LogP contribution >= 0.6 is 27.7 Å². The van der Waals surface area contributed by atoms with Gasteiger partial charge in [-0.25, -0.2) is 0 Å². The van der Waals surface area contributed by atoms with E-state index in [0.29, 0.717) is 44.1 Å². The number of halogens is 1. The molecule has 0 unspecified atom stereocenters. The third kappa shape index (κ3) is 4.37. The van der Waals surface area contributed by atoms with Crippen LogP contribution in [0.3, 0.4) is 0 Å². The molecule has 32 heavy (non-hydrogen) atoms. The van der Waals surface area contributed by atoms with Gasteiger partial charge in [0, 0.05) is 35.3 Å². The summed E-state index contributed by atoms with van der Waals surface area (Å²) >= 11 is 4.92. The molecule has 3 heterocycles. The molecule has 8 heteroatoms. The van der Waals surface area contributed by atoms with Crippen molar-refractivity contribution in [3.05, 3.63) is 63.5 Å². The van der Waals surface area contributed by atoms with E-state index in [1.807, 2.05) is 59.5 Å².